The lowest BCUT2D eigenvalue weighted by atomic mass is 10.2. The highest BCUT2D eigenvalue weighted by molar-refractivity contribution is 7.09. The molecule has 1 aromatic carbocycles. The SMILES string of the molecule is Cc1nc(COc2cccc(/C=C/C(=O)O)c2)cs1. The molecule has 5 heteroatoms. The van der Waals surface area contributed by atoms with Crippen LogP contribution in [0.4, 0.5) is 0 Å². The van der Waals surface area contributed by atoms with Crippen LogP contribution in [-0.2, 0) is 11.4 Å². The number of rotatable bonds is 5. The van der Waals surface area contributed by atoms with Gasteiger partial charge in [0.15, 0.2) is 0 Å². The first-order valence-electron chi connectivity index (χ1n) is 5.68. The van der Waals surface area contributed by atoms with E-state index in [0.29, 0.717) is 12.4 Å². The van der Waals surface area contributed by atoms with Gasteiger partial charge in [-0.3, -0.25) is 0 Å². The molecule has 0 aliphatic rings. The maximum Gasteiger partial charge on any atom is 0.328 e. The van der Waals surface area contributed by atoms with Crippen LogP contribution in [0, 0.1) is 6.92 Å². The highest BCUT2D eigenvalue weighted by atomic mass is 32.1. The summed E-state index contributed by atoms with van der Waals surface area (Å²) in [5, 5.41) is 11.5. The summed E-state index contributed by atoms with van der Waals surface area (Å²) < 4.78 is 5.62. The highest BCUT2D eigenvalue weighted by Gasteiger charge is 2.00. The van der Waals surface area contributed by atoms with Gasteiger partial charge in [0, 0.05) is 11.5 Å². The number of aromatic nitrogens is 1. The van der Waals surface area contributed by atoms with Crippen molar-refractivity contribution in [3.63, 3.8) is 0 Å². The Morgan fingerprint density at radius 3 is 3.05 bits per heavy atom. The van der Waals surface area contributed by atoms with Crippen LogP contribution < -0.4 is 4.74 Å². The van der Waals surface area contributed by atoms with Crippen LogP contribution in [0.25, 0.3) is 6.08 Å². The van der Waals surface area contributed by atoms with Crippen molar-refractivity contribution in [1.29, 1.82) is 0 Å². The number of carboxylic acids is 1. The first-order valence-corrected chi connectivity index (χ1v) is 6.56. The Labute approximate surface area is 115 Å². The van der Waals surface area contributed by atoms with Gasteiger partial charge in [0.05, 0.1) is 10.7 Å². The summed E-state index contributed by atoms with van der Waals surface area (Å²) >= 11 is 1.59. The molecule has 0 aliphatic heterocycles. The van der Waals surface area contributed by atoms with Gasteiger partial charge in [0.2, 0.25) is 0 Å². The maximum atomic E-state index is 10.4. The number of hydrogen-bond donors (Lipinski definition) is 1. The zero-order valence-electron chi connectivity index (χ0n) is 10.4. The molecule has 0 saturated carbocycles. The summed E-state index contributed by atoms with van der Waals surface area (Å²) in [5.41, 5.74) is 1.68. The summed E-state index contributed by atoms with van der Waals surface area (Å²) in [4.78, 5) is 14.8. The molecule has 0 fully saturated rings. The van der Waals surface area contributed by atoms with Crippen molar-refractivity contribution >= 4 is 23.4 Å². The average Bonchev–Trinajstić information content (AvgIpc) is 2.80. The summed E-state index contributed by atoms with van der Waals surface area (Å²) in [6.45, 7) is 2.36. The minimum absolute atomic E-state index is 0.413. The first-order chi connectivity index (χ1) is 9.13. The summed E-state index contributed by atoms with van der Waals surface area (Å²) in [6.07, 6.45) is 2.63. The predicted octanol–water partition coefficient (Wildman–Crippen LogP) is 3.13. The molecule has 0 bridgehead atoms. The average molecular weight is 275 g/mol. The van der Waals surface area contributed by atoms with E-state index in [-0.39, 0.29) is 0 Å². The second-order valence-corrected chi connectivity index (χ2v) is 4.95. The molecule has 0 radical (unpaired) electrons. The number of hydrogen-bond acceptors (Lipinski definition) is 4. The Bertz CT molecular complexity index is 604. The van der Waals surface area contributed by atoms with Crippen LogP contribution in [0.2, 0.25) is 0 Å². The highest BCUT2D eigenvalue weighted by Crippen LogP contribution is 2.17. The fourth-order valence-electron chi connectivity index (χ4n) is 1.51. The van der Waals surface area contributed by atoms with Gasteiger partial charge in [0.1, 0.15) is 12.4 Å². The van der Waals surface area contributed by atoms with E-state index >= 15 is 0 Å². The normalized spacial score (nSPS) is 10.8. The van der Waals surface area contributed by atoms with Crippen LogP contribution in [0.1, 0.15) is 16.3 Å². The molecule has 0 unspecified atom stereocenters. The number of aryl methyl sites for hydroxylation is 1. The summed E-state index contributed by atoms with van der Waals surface area (Å²) in [6, 6.07) is 7.26. The van der Waals surface area contributed by atoms with Crippen molar-refractivity contribution in [2.75, 3.05) is 0 Å². The molecular weight excluding hydrogens is 262 g/mol. The minimum Gasteiger partial charge on any atom is -0.487 e. The van der Waals surface area contributed by atoms with E-state index in [9.17, 15) is 4.79 Å². The summed E-state index contributed by atoms with van der Waals surface area (Å²) in [7, 11) is 0. The maximum absolute atomic E-state index is 10.4. The number of nitrogens with zero attached hydrogens (tertiary/aromatic N) is 1. The van der Waals surface area contributed by atoms with Crippen LogP contribution in [0.15, 0.2) is 35.7 Å². The van der Waals surface area contributed by atoms with Crippen LogP contribution >= 0.6 is 11.3 Å². The van der Waals surface area contributed by atoms with Gasteiger partial charge in [-0.2, -0.15) is 0 Å². The third-order valence-corrected chi connectivity index (χ3v) is 3.15. The van der Waals surface area contributed by atoms with Crippen molar-refractivity contribution in [3.05, 3.63) is 52.0 Å². The third-order valence-electron chi connectivity index (χ3n) is 2.33. The van der Waals surface area contributed by atoms with Crippen molar-refractivity contribution in [3.8, 4) is 5.75 Å². The van der Waals surface area contributed by atoms with E-state index in [1.54, 1.807) is 17.4 Å². The van der Waals surface area contributed by atoms with Crippen molar-refractivity contribution in [2.24, 2.45) is 0 Å². The van der Waals surface area contributed by atoms with E-state index in [0.717, 1.165) is 22.3 Å². The second kappa shape index (κ2) is 6.15. The summed E-state index contributed by atoms with van der Waals surface area (Å²) in [5.74, 6) is -0.275. The molecule has 1 aromatic heterocycles. The number of benzene rings is 1. The van der Waals surface area contributed by atoms with E-state index < -0.39 is 5.97 Å². The van der Waals surface area contributed by atoms with Gasteiger partial charge in [-0.05, 0) is 30.7 Å². The molecule has 0 amide bonds. The Hall–Kier alpha value is -2.14. The quantitative estimate of drug-likeness (QED) is 0.852. The number of carbonyl (C=O) groups is 1. The van der Waals surface area contributed by atoms with Crippen LogP contribution in [-0.4, -0.2) is 16.1 Å². The van der Waals surface area contributed by atoms with Gasteiger partial charge in [-0.1, -0.05) is 12.1 Å². The van der Waals surface area contributed by atoms with E-state index in [2.05, 4.69) is 4.98 Å². The lowest BCUT2D eigenvalue weighted by Crippen LogP contribution is -1.95. The molecule has 2 rings (SSSR count). The molecule has 19 heavy (non-hydrogen) atoms. The number of aliphatic carboxylic acids is 1. The first kappa shape index (κ1) is 13.3. The lowest BCUT2D eigenvalue weighted by molar-refractivity contribution is -0.131. The van der Waals surface area contributed by atoms with E-state index in [1.807, 2.05) is 30.5 Å². The fraction of sp³-hybridized carbons (Fsp3) is 0.143. The number of ether oxygens (including phenoxy) is 1. The Balaban J connectivity index is 2.00. The standard InChI is InChI=1S/C14H13NO3S/c1-10-15-12(9-19-10)8-18-13-4-2-3-11(7-13)5-6-14(16)17/h2-7,9H,8H2,1H3,(H,16,17)/b6-5+. The Morgan fingerprint density at radius 1 is 1.53 bits per heavy atom. The van der Waals surface area contributed by atoms with Crippen LogP contribution in [0.5, 0.6) is 5.75 Å². The number of thiazole rings is 1. The van der Waals surface area contributed by atoms with Gasteiger partial charge < -0.3 is 9.84 Å². The molecule has 0 aliphatic carbocycles. The Morgan fingerprint density at radius 2 is 2.37 bits per heavy atom. The van der Waals surface area contributed by atoms with Crippen molar-refractivity contribution < 1.29 is 14.6 Å². The molecule has 0 saturated heterocycles. The molecule has 1 N–H and O–H groups in total. The van der Waals surface area contributed by atoms with Crippen LogP contribution in [0.3, 0.4) is 0 Å². The van der Waals surface area contributed by atoms with Gasteiger partial charge >= 0.3 is 5.97 Å². The second-order valence-electron chi connectivity index (χ2n) is 3.89. The molecule has 98 valence electrons. The van der Waals surface area contributed by atoms with E-state index in [4.69, 9.17) is 9.84 Å². The fourth-order valence-corrected chi connectivity index (χ4v) is 2.10. The smallest absolute Gasteiger partial charge is 0.328 e. The molecular formula is C14H13NO3S. The third kappa shape index (κ3) is 4.22. The lowest BCUT2D eigenvalue weighted by Gasteiger charge is -2.04. The molecule has 2 aromatic rings. The molecule has 4 nitrogen and oxygen atoms in total. The largest absolute Gasteiger partial charge is 0.487 e. The zero-order valence-corrected chi connectivity index (χ0v) is 11.2. The van der Waals surface area contributed by atoms with Gasteiger partial charge in [-0.15, -0.1) is 11.3 Å². The molecule has 0 atom stereocenters. The topological polar surface area (TPSA) is 59.4 Å². The van der Waals surface area contributed by atoms with Crippen molar-refractivity contribution in [2.45, 2.75) is 13.5 Å². The predicted molar refractivity (Wildman–Crippen MR) is 74.3 cm³/mol. The monoisotopic (exact) mass is 275 g/mol. The number of carboxylic acid groups (broad SMARTS) is 1. The Kier molecular flexibility index (Phi) is 4.30. The zero-order chi connectivity index (χ0) is 13.7. The van der Waals surface area contributed by atoms with Gasteiger partial charge in [0.25, 0.3) is 0 Å². The van der Waals surface area contributed by atoms with Gasteiger partial charge in [-0.25, -0.2) is 9.78 Å². The van der Waals surface area contributed by atoms with Crippen molar-refractivity contribution in [1.82, 2.24) is 4.98 Å². The minimum atomic E-state index is -0.968. The van der Waals surface area contributed by atoms with E-state index in [1.165, 1.54) is 6.08 Å². The molecule has 1 heterocycles. The molecule has 0 spiro atoms.